The van der Waals surface area contributed by atoms with E-state index in [1.54, 1.807) is 0 Å². The van der Waals surface area contributed by atoms with Crippen LogP contribution in [-0.2, 0) is 0 Å². The molecule has 0 radical (unpaired) electrons. The molecule has 3 aliphatic rings. The van der Waals surface area contributed by atoms with Crippen molar-refractivity contribution in [2.75, 3.05) is 0 Å². The van der Waals surface area contributed by atoms with Crippen molar-refractivity contribution in [2.45, 2.75) is 167 Å². The summed E-state index contributed by atoms with van der Waals surface area (Å²) >= 11 is 0. The van der Waals surface area contributed by atoms with Gasteiger partial charge in [-0.3, -0.25) is 0 Å². The molecule has 0 saturated heterocycles. The van der Waals surface area contributed by atoms with E-state index in [-0.39, 0.29) is 5.92 Å². The lowest BCUT2D eigenvalue weighted by Gasteiger charge is -2.46. The molecule has 0 aromatic heterocycles. The van der Waals surface area contributed by atoms with Crippen molar-refractivity contribution < 1.29 is 10.2 Å². The van der Waals surface area contributed by atoms with Crippen molar-refractivity contribution in [3.8, 4) is 0 Å². The number of fused-ring (bicyclic) bond motifs is 3. The van der Waals surface area contributed by atoms with Gasteiger partial charge < -0.3 is 10.2 Å². The smallest absolute Gasteiger partial charge is 0.0832 e. The van der Waals surface area contributed by atoms with Crippen molar-refractivity contribution in [3.05, 3.63) is 0 Å². The molecule has 2 bridgehead atoms. The molecule has 4 unspecified atom stereocenters. The van der Waals surface area contributed by atoms with Gasteiger partial charge in [-0.25, -0.2) is 0 Å². The molecule has 0 amide bonds. The first-order chi connectivity index (χ1) is 15.6. The maximum absolute atomic E-state index is 10.8. The summed E-state index contributed by atoms with van der Waals surface area (Å²) in [6, 6.07) is 0. The Morgan fingerprint density at radius 3 is 1.47 bits per heavy atom. The minimum atomic E-state index is -0.518. The van der Waals surface area contributed by atoms with Crippen LogP contribution in [0.5, 0.6) is 0 Å². The maximum atomic E-state index is 10.8. The Bertz CT molecular complexity index is 429. The summed E-state index contributed by atoms with van der Waals surface area (Å²) < 4.78 is 0. The van der Waals surface area contributed by atoms with Crippen LogP contribution in [-0.4, -0.2) is 22.4 Å². The lowest BCUT2D eigenvalue weighted by Crippen LogP contribution is -2.45. The third kappa shape index (κ3) is 10.9. The molecule has 3 rings (SSSR count). The van der Waals surface area contributed by atoms with E-state index >= 15 is 0 Å². The Labute approximate surface area is 201 Å². The first kappa shape index (κ1) is 28.2. The van der Waals surface area contributed by atoms with Gasteiger partial charge in [0.15, 0.2) is 0 Å². The van der Waals surface area contributed by atoms with E-state index < -0.39 is 12.2 Å². The predicted octanol–water partition coefficient (Wildman–Crippen LogP) is 8.82. The molecule has 2 heteroatoms. The van der Waals surface area contributed by atoms with E-state index in [9.17, 15) is 10.2 Å². The molecule has 0 aromatic carbocycles. The fourth-order valence-corrected chi connectivity index (χ4v) is 6.62. The zero-order chi connectivity index (χ0) is 23.0. The molecule has 2 N–H and O–H groups in total. The summed E-state index contributed by atoms with van der Waals surface area (Å²) in [5, 5.41) is 21.6. The van der Waals surface area contributed by atoms with Crippen molar-refractivity contribution in [1.82, 2.24) is 0 Å². The van der Waals surface area contributed by atoms with E-state index in [0.29, 0.717) is 11.8 Å². The van der Waals surface area contributed by atoms with Crippen molar-refractivity contribution >= 4 is 0 Å². The second-order valence-electron chi connectivity index (χ2n) is 11.7. The van der Waals surface area contributed by atoms with Crippen LogP contribution in [0.4, 0.5) is 0 Å². The molecule has 3 saturated carbocycles. The van der Waals surface area contributed by atoms with Crippen molar-refractivity contribution in [2.24, 2.45) is 23.7 Å². The quantitative estimate of drug-likeness (QED) is 0.182. The molecule has 190 valence electrons. The van der Waals surface area contributed by atoms with Gasteiger partial charge in [-0.2, -0.15) is 0 Å². The zero-order valence-electron chi connectivity index (χ0n) is 21.9. The monoisotopic (exact) mass is 450 g/mol. The largest absolute Gasteiger partial charge is 0.390 e. The Kier molecular flexibility index (Phi) is 15.3. The highest BCUT2D eigenvalue weighted by molar-refractivity contribution is 4.92. The van der Waals surface area contributed by atoms with Crippen molar-refractivity contribution in [3.63, 3.8) is 0 Å². The summed E-state index contributed by atoms with van der Waals surface area (Å²) in [7, 11) is 0. The second-order valence-corrected chi connectivity index (χ2v) is 11.7. The molecule has 0 spiro atoms. The van der Waals surface area contributed by atoms with Crippen LogP contribution < -0.4 is 0 Å². The van der Waals surface area contributed by atoms with Gasteiger partial charge >= 0.3 is 0 Å². The molecule has 0 heterocycles. The molecular formula is C30H58O2. The number of rotatable bonds is 20. The van der Waals surface area contributed by atoms with Crippen LogP contribution in [0.15, 0.2) is 0 Å². The average Bonchev–Trinajstić information content (AvgIpc) is 2.83. The van der Waals surface area contributed by atoms with E-state index in [1.165, 1.54) is 128 Å². The normalized spacial score (nSPS) is 25.7. The number of hydrogen-bond acceptors (Lipinski definition) is 2. The highest BCUT2D eigenvalue weighted by Crippen LogP contribution is 2.47. The van der Waals surface area contributed by atoms with E-state index in [4.69, 9.17) is 0 Å². The highest BCUT2D eigenvalue weighted by atomic mass is 16.3. The molecule has 3 aliphatic carbocycles. The van der Waals surface area contributed by atoms with Gasteiger partial charge in [0.25, 0.3) is 0 Å². The van der Waals surface area contributed by atoms with Gasteiger partial charge in [0.1, 0.15) is 0 Å². The molecule has 3 fully saturated rings. The van der Waals surface area contributed by atoms with E-state index in [2.05, 4.69) is 13.8 Å². The Morgan fingerprint density at radius 1 is 0.625 bits per heavy atom. The minimum Gasteiger partial charge on any atom is -0.390 e. The number of aliphatic hydroxyl groups excluding tert-OH is 2. The zero-order valence-corrected chi connectivity index (χ0v) is 21.9. The van der Waals surface area contributed by atoms with Crippen LogP contribution in [0, 0.1) is 23.7 Å². The van der Waals surface area contributed by atoms with Crippen LogP contribution in [0.2, 0.25) is 0 Å². The number of aliphatic hydroxyl groups is 2. The summed E-state index contributed by atoms with van der Waals surface area (Å²) in [4.78, 5) is 0. The molecule has 4 atom stereocenters. The van der Waals surface area contributed by atoms with Gasteiger partial charge in [0.2, 0.25) is 0 Å². The first-order valence-electron chi connectivity index (χ1n) is 15.0. The number of hydrogen-bond donors (Lipinski definition) is 2. The summed E-state index contributed by atoms with van der Waals surface area (Å²) in [5.41, 5.74) is 0. The Morgan fingerprint density at radius 2 is 1.06 bits per heavy atom. The Balaban J connectivity index is 1.36. The molecule has 0 aromatic rings. The number of unbranched alkanes of at least 4 members (excludes halogenated alkanes) is 15. The van der Waals surface area contributed by atoms with E-state index in [0.717, 1.165) is 18.8 Å². The highest BCUT2D eigenvalue weighted by Gasteiger charge is 2.42. The first-order valence-corrected chi connectivity index (χ1v) is 15.0. The lowest BCUT2D eigenvalue weighted by molar-refractivity contribution is -0.0874. The second kappa shape index (κ2) is 17.4. The molecule has 0 aliphatic heterocycles. The fraction of sp³-hybridized carbons (Fsp3) is 1.00. The van der Waals surface area contributed by atoms with Gasteiger partial charge in [0.05, 0.1) is 12.2 Å². The minimum absolute atomic E-state index is 0.233. The third-order valence-corrected chi connectivity index (χ3v) is 8.99. The topological polar surface area (TPSA) is 40.5 Å². The standard InChI is InChI=1S/C30H58O2/c1-3-4-5-6-7-8-9-10-11-12-13-14-15-16-17-18-19-25(2)29(31)30(32)28-24-26-20-22-27(28)23-21-26/h25-32H,3-24H2,1-2H3. The lowest BCUT2D eigenvalue weighted by atomic mass is 9.62. The maximum Gasteiger partial charge on any atom is 0.0832 e. The predicted molar refractivity (Wildman–Crippen MR) is 139 cm³/mol. The van der Waals surface area contributed by atoms with Crippen LogP contribution >= 0.6 is 0 Å². The van der Waals surface area contributed by atoms with Gasteiger partial charge in [-0.1, -0.05) is 129 Å². The SMILES string of the molecule is CCCCCCCCCCCCCCCCCCC(C)C(O)C(O)C1CC2CCC1CC2. The molecule has 2 nitrogen and oxygen atoms in total. The fourth-order valence-electron chi connectivity index (χ4n) is 6.62. The molecular weight excluding hydrogens is 392 g/mol. The van der Waals surface area contributed by atoms with Crippen molar-refractivity contribution in [1.29, 1.82) is 0 Å². The summed E-state index contributed by atoms with van der Waals surface area (Å²) in [6.07, 6.45) is 28.9. The summed E-state index contributed by atoms with van der Waals surface area (Å²) in [5.74, 6) is 2.10. The Hall–Kier alpha value is -0.0800. The molecule has 32 heavy (non-hydrogen) atoms. The van der Waals surface area contributed by atoms with Gasteiger partial charge in [-0.05, 0) is 49.4 Å². The third-order valence-electron chi connectivity index (χ3n) is 8.99. The van der Waals surface area contributed by atoms with E-state index in [1.807, 2.05) is 0 Å². The van der Waals surface area contributed by atoms with Crippen LogP contribution in [0.1, 0.15) is 155 Å². The van der Waals surface area contributed by atoms with Gasteiger partial charge in [-0.15, -0.1) is 0 Å². The summed E-state index contributed by atoms with van der Waals surface area (Å²) in [6.45, 7) is 4.44. The van der Waals surface area contributed by atoms with Crippen LogP contribution in [0.25, 0.3) is 0 Å². The van der Waals surface area contributed by atoms with Gasteiger partial charge in [0, 0.05) is 0 Å². The van der Waals surface area contributed by atoms with Crippen LogP contribution in [0.3, 0.4) is 0 Å². The average molecular weight is 451 g/mol.